The molecule has 0 N–H and O–H groups in total. The van der Waals surface area contributed by atoms with Gasteiger partial charge >= 0.3 is 0 Å². The van der Waals surface area contributed by atoms with Crippen molar-refractivity contribution in [3.05, 3.63) is 222 Å². The maximum absolute atomic E-state index is 6.67. The van der Waals surface area contributed by atoms with Gasteiger partial charge in [0.1, 0.15) is 11.5 Å². The largest absolute Gasteiger partial charge is 0.457 e. The Balaban J connectivity index is 1.00. The van der Waals surface area contributed by atoms with Gasteiger partial charge in [-0.25, -0.2) is 15.0 Å². The van der Waals surface area contributed by atoms with Crippen LogP contribution >= 0.6 is 0 Å². The summed E-state index contributed by atoms with van der Waals surface area (Å²) in [7, 11) is 0. The number of ether oxygens (including phenoxy) is 1. The molecule has 0 fully saturated rings. The fourth-order valence-electron chi connectivity index (χ4n) is 8.93. The van der Waals surface area contributed by atoms with Gasteiger partial charge in [-0.15, -0.1) is 0 Å². The Morgan fingerprint density at radius 2 is 0.839 bits per heavy atom. The maximum atomic E-state index is 6.67. The van der Waals surface area contributed by atoms with Gasteiger partial charge in [-0.3, -0.25) is 0 Å². The van der Waals surface area contributed by atoms with Crippen LogP contribution in [0.2, 0.25) is 0 Å². The van der Waals surface area contributed by atoms with Crippen LogP contribution in [0.3, 0.4) is 0 Å². The van der Waals surface area contributed by atoms with Crippen molar-refractivity contribution in [2.24, 2.45) is 0 Å². The lowest BCUT2D eigenvalue weighted by molar-refractivity contribution is 0.436. The van der Waals surface area contributed by atoms with Crippen LogP contribution < -0.4 is 4.74 Å². The highest BCUT2D eigenvalue weighted by molar-refractivity contribution is 5.89. The van der Waals surface area contributed by atoms with E-state index in [2.05, 4.69) is 170 Å². The Labute approximate surface area is 326 Å². The van der Waals surface area contributed by atoms with Gasteiger partial charge in [0, 0.05) is 22.3 Å². The number of hydrogen-bond acceptors (Lipinski definition) is 4. The standard InChI is InChI=1S/C52H35N3O/c1-3-13-34(14-4-1)35-23-27-38(28-24-35)50-53-49(37-15-5-2-6-16-37)54-51(55-50)39-29-25-36(26-30-39)40-31-32-48-46(33-40)52(45-21-11-12-22-47(45)56-48)43-19-9-7-17-41(43)42-18-8-10-20-44(42)52/h1-23,25-27,29-33H,24,28H2. The SMILES string of the molecule is C1=C(c2ccccc2)CCC(c2nc(-c3ccccc3)nc(-c3ccc(-c4ccc5c(c4)C4(c6ccccc6O5)c5ccccc5-c5ccccc54)cc3)n2)=C1. The van der Waals surface area contributed by atoms with Crippen molar-refractivity contribution in [3.8, 4) is 56.5 Å². The molecule has 2 heterocycles. The van der Waals surface area contributed by atoms with Crippen LogP contribution in [0.5, 0.6) is 11.5 Å². The van der Waals surface area contributed by atoms with E-state index in [4.69, 9.17) is 19.7 Å². The molecule has 1 aromatic heterocycles. The lowest BCUT2D eigenvalue weighted by Gasteiger charge is -2.39. The number of allylic oxidation sites excluding steroid dienone is 4. The first-order valence-corrected chi connectivity index (χ1v) is 19.2. The molecular weight excluding hydrogens is 683 g/mol. The molecule has 0 amide bonds. The summed E-state index contributed by atoms with van der Waals surface area (Å²) in [5.41, 5.74) is 14.7. The average Bonchev–Trinajstić information content (AvgIpc) is 3.57. The lowest BCUT2D eigenvalue weighted by atomic mass is 9.66. The fourth-order valence-corrected chi connectivity index (χ4v) is 8.93. The number of fused-ring (bicyclic) bond motifs is 9. The maximum Gasteiger partial charge on any atom is 0.164 e. The van der Waals surface area contributed by atoms with E-state index in [9.17, 15) is 0 Å². The molecule has 1 spiro atoms. The third-order valence-corrected chi connectivity index (χ3v) is 11.6. The minimum atomic E-state index is -0.507. The molecule has 7 aromatic carbocycles. The minimum Gasteiger partial charge on any atom is -0.457 e. The van der Waals surface area contributed by atoms with Crippen LogP contribution in [-0.4, -0.2) is 15.0 Å². The fraction of sp³-hybridized carbons (Fsp3) is 0.0577. The molecule has 11 rings (SSSR count). The Hall–Kier alpha value is -7.17. The second-order valence-electron chi connectivity index (χ2n) is 14.6. The summed E-state index contributed by atoms with van der Waals surface area (Å²) in [5.74, 6) is 3.83. The van der Waals surface area contributed by atoms with Gasteiger partial charge in [0.15, 0.2) is 17.5 Å². The summed E-state index contributed by atoms with van der Waals surface area (Å²) in [6.07, 6.45) is 6.18. The molecule has 56 heavy (non-hydrogen) atoms. The van der Waals surface area contributed by atoms with E-state index in [0.29, 0.717) is 11.6 Å². The first kappa shape index (κ1) is 32.3. The second-order valence-corrected chi connectivity index (χ2v) is 14.6. The monoisotopic (exact) mass is 717 g/mol. The third kappa shape index (κ3) is 5.10. The highest BCUT2D eigenvalue weighted by Crippen LogP contribution is 2.62. The molecule has 0 saturated carbocycles. The van der Waals surface area contributed by atoms with E-state index in [0.717, 1.165) is 69.1 Å². The van der Waals surface area contributed by atoms with Crippen molar-refractivity contribution >= 4 is 11.1 Å². The zero-order chi connectivity index (χ0) is 37.1. The smallest absolute Gasteiger partial charge is 0.164 e. The predicted molar refractivity (Wildman–Crippen MR) is 225 cm³/mol. The van der Waals surface area contributed by atoms with Crippen LogP contribution in [0.4, 0.5) is 0 Å². The number of para-hydroxylation sites is 1. The second kappa shape index (κ2) is 13.0. The molecule has 0 radical (unpaired) electrons. The van der Waals surface area contributed by atoms with E-state index in [1.807, 2.05) is 18.2 Å². The Kier molecular flexibility index (Phi) is 7.49. The summed E-state index contributed by atoms with van der Waals surface area (Å²) in [4.78, 5) is 15.1. The quantitative estimate of drug-likeness (QED) is 0.178. The van der Waals surface area contributed by atoms with Crippen molar-refractivity contribution in [1.82, 2.24) is 15.0 Å². The summed E-state index contributed by atoms with van der Waals surface area (Å²) in [6, 6.07) is 62.2. The Bertz CT molecular complexity index is 2830. The van der Waals surface area contributed by atoms with Gasteiger partial charge in [0.05, 0.1) is 5.41 Å². The molecule has 4 nitrogen and oxygen atoms in total. The number of benzene rings is 7. The van der Waals surface area contributed by atoms with Gasteiger partial charge in [0.25, 0.3) is 0 Å². The summed E-state index contributed by atoms with van der Waals surface area (Å²) in [5, 5.41) is 0. The van der Waals surface area contributed by atoms with E-state index < -0.39 is 5.41 Å². The number of hydrogen-bond donors (Lipinski definition) is 0. The van der Waals surface area contributed by atoms with Crippen LogP contribution in [0.15, 0.2) is 188 Å². The molecule has 0 bridgehead atoms. The highest BCUT2D eigenvalue weighted by atomic mass is 16.5. The van der Waals surface area contributed by atoms with E-state index in [1.165, 1.54) is 33.4 Å². The number of aromatic nitrogens is 3. The first-order chi connectivity index (χ1) is 27.7. The van der Waals surface area contributed by atoms with Crippen molar-refractivity contribution in [2.75, 3.05) is 0 Å². The van der Waals surface area contributed by atoms with Crippen molar-refractivity contribution in [1.29, 1.82) is 0 Å². The zero-order valence-electron chi connectivity index (χ0n) is 30.6. The summed E-state index contributed by atoms with van der Waals surface area (Å²) < 4.78 is 6.67. The van der Waals surface area contributed by atoms with Crippen LogP contribution in [0.25, 0.3) is 56.2 Å². The molecule has 1 aliphatic heterocycles. The Morgan fingerprint density at radius 3 is 1.50 bits per heavy atom. The summed E-state index contributed by atoms with van der Waals surface area (Å²) >= 11 is 0. The first-order valence-electron chi connectivity index (χ1n) is 19.2. The van der Waals surface area contributed by atoms with Gasteiger partial charge in [-0.1, -0.05) is 170 Å². The van der Waals surface area contributed by atoms with E-state index in [-0.39, 0.29) is 0 Å². The number of rotatable bonds is 5. The summed E-state index contributed by atoms with van der Waals surface area (Å²) in [6.45, 7) is 0. The molecule has 0 unspecified atom stereocenters. The third-order valence-electron chi connectivity index (χ3n) is 11.6. The molecule has 0 atom stereocenters. The van der Waals surface area contributed by atoms with Crippen LogP contribution in [-0.2, 0) is 5.41 Å². The topological polar surface area (TPSA) is 47.9 Å². The highest BCUT2D eigenvalue weighted by Gasteiger charge is 2.51. The Morgan fingerprint density at radius 1 is 0.357 bits per heavy atom. The van der Waals surface area contributed by atoms with Crippen molar-refractivity contribution < 1.29 is 4.74 Å². The normalized spacial score (nSPS) is 14.4. The van der Waals surface area contributed by atoms with Gasteiger partial charge in [-0.2, -0.15) is 0 Å². The minimum absolute atomic E-state index is 0.507. The van der Waals surface area contributed by atoms with Crippen molar-refractivity contribution in [3.63, 3.8) is 0 Å². The van der Waals surface area contributed by atoms with Gasteiger partial charge in [-0.05, 0) is 81.1 Å². The molecule has 2 aliphatic carbocycles. The predicted octanol–water partition coefficient (Wildman–Crippen LogP) is 12.6. The van der Waals surface area contributed by atoms with Crippen LogP contribution in [0, 0.1) is 0 Å². The van der Waals surface area contributed by atoms with E-state index in [1.54, 1.807) is 0 Å². The van der Waals surface area contributed by atoms with E-state index >= 15 is 0 Å². The van der Waals surface area contributed by atoms with Gasteiger partial charge < -0.3 is 4.74 Å². The van der Waals surface area contributed by atoms with Crippen LogP contribution in [0.1, 0.15) is 46.5 Å². The lowest BCUT2D eigenvalue weighted by Crippen LogP contribution is -2.32. The molecular formula is C52H35N3O. The molecule has 0 saturated heterocycles. The number of nitrogens with zero attached hydrogens (tertiary/aromatic N) is 3. The molecule has 264 valence electrons. The van der Waals surface area contributed by atoms with Crippen molar-refractivity contribution in [2.45, 2.75) is 18.3 Å². The average molecular weight is 718 g/mol. The molecule has 8 aromatic rings. The molecule has 3 aliphatic rings. The van der Waals surface area contributed by atoms with Gasteiger partial charge in [0.2, 0.25) is 0 Å². The zero-order valence-corrected chi connectivity index (χ0v) is 30.6. The molecule has 4 heteroatoms.